The quantitative estimate of drug-likeness (QED) is 0.781. The molecule has 1 saturated heterocycles. The molecule has 16 heavy (non-hydrogen) atoms. The molecule has 1 rings (SSSR count). The molecule has 0 saturated carbocycles. The molecule has 0 bridgehead atoms. The number of hydrogen-bond donors (Lipinski definition) is 0. The van der Waals surface area contributed by atoms with E-state index in [-0.39, 0.29) is 18.6 Å². The van der Waals surface area contributed by atoms with E-state index in [0.717, 1.165) is 32.8 Å². The van der Waals surface area contributed by atoms with E-state index in [1.807, 2.05) is 13.8 Å². The van der Waals surface area contributed by atoms with Gasteiger partial charge >= 0.3 is 0 Å². The Morgan fingerprint density at radius 1 is 1.19 bits per heavy atom. The van der Waals surface area contributed by atoms with Crippen molar-refractivity contribution >= 4 is 0 Å². The normalized spacial score (nSPS) is 17.1. The van der Waals surface area contributed by atoms with Gasteiger partial charge in [0.15, 0.2) is 0 Å². The van der Waals surface area contributed by atoms with Crippen LogP contribution in [-0.4, -0.2) is 50.3 Å². The van der Waals surface area contributed by atoms with Gasteiger partial charge in [-0.3, -0.25) is 0 Å². The smallest absolute Gasteiger partial charge is 0.0596 e. The predicted molar refractivity (Wildman–Crippen MR) is 66.6 cm³/mol. The van der Waals surface area contributed by atoms with Gasteiger partial charge in [-0.2, -0.15) is 0 Å². The first-order valence-corrected chi connectivity index (χ1v) is 6.26. The van der Waals surface area contributed by atoms with Gasteiger partial charge in [0.25, 0.3) is 0 Å². The molecule has 0 aromatic rings. The molecule has 1 aliphatic rings. The molecule has 0 spiro atoms. The van der Waals surface area contributed by atoms with Crippen molar-refractivity contribution in [2.45, 2.75) is 40.2 Å². The molecule has 3 nitrogen and oxygen atoms in total. The van der Waals surface area contributed by atoms with Gasteiger partial charge in [0, 0.05) is 25.1 Å². The van der Waals surface area contributed by atoms with Crippen molar-refractivity contribution in [3.63, 3.8) is 0 Å². The summed E-state index contributed by atoms with van der Waals surface area (Å²) in [4.78, 5) is 2.44. The Labute approximate surface area is 113 Å². The third-order valence-electron chi connectivity index (χ3n) is 2.22. The monoisotopic (exact) mass is 266 g/mol. The average Bonchev–Trinajstić information content (AvgIpc) is 2.49. The summed E-state index contributed by atoms with van der Waals surface area (Å²) in [6.45, 7) is 14.4. The third-order valence-corrected chi connectivity index (χ3v) is 2.22. The summed E-state index contributed by atoms with van der Waals surface area (Å²) in [6, 6.07) is 0. The zero-order valence-corrected chi connectivity index (χ0v) is 12.7. The fourth-order valence-electron chi connectivity index (χ4n) is 1.48. The minimum atomic E-state index is 0. The molecule has 0 aliphatic carbocycles. The second-order valence-electron chi connectivity index (χ2n) is 3.79. The Morgan fingerprint density at radius 2 is 1.88 bits per heavy atom. The van der Waals surface area contributed by atoms with Crippen molar-refractivity contribution in [3.8, 4) is 0 Å². The van der Waals surface area contributed by atoms with Crippen LogP contribution in [0.15, 0.2) is 0 Å². The number of ether oxygens (including phenoxy) is 1. The van der Waals surface area contributed by atoms with Gasteiger partial charge in [-0.25, -0.2) is 0 Å². The standard InChI is InChI=1S/C10H21N2O.C2H6.V/c1-10(2)13-9-8-12-6-3-4-11-5-7-12;1-2;/h10H,3-9H2,1-2H3;1-2H3;/q-1;;. The molecule has 0 aromatic heterocycles. The van der Waals surface area contributed by atoms with Crippen LogP contribution in [-0.2, 0) is 23.3 Å². The van der Waals surface area contributed by atoms with Crippen LogP contribution in [0.5, 0.6) is 0 Å². The zero-order valence-electron chi connectivity index (χ0n) is 11.3. The van der Waals surface area contributed by atoms with Gasteiger partial charge in [-0.15, -0.1) is 13.1 Å². The van der Waals surface area contributed by atoms with E-state index in [0.29, 0.717) is 6.10 Å². The second kappa shape index (κ2) is 13.5. The largest absolute Gasteiger partial charge is 0.661 e. The molecular weight excluding hydrogens is 239 g/mol. The first kappa shape index (κ1) is 18.8. The molecule has 0 aromatic carbocycles. The molecule has 1 heterocycles. The Kier molecular flexibility index (Phi) is 15.9. The van der Waals surface area contributed by atoms with Crippen LogP contribution < -0.4 is 0 Å². The minimum absolute atomic E-state index is 0. The molecular formula is C12H27N2OV-. The average molecular weight is 266 g/mol. The minimum Gasteiger partial charge on any atom is -0.661 e. The molecule has 0 N–H and O–H groups in total. The van der Waals surface area contributed by atoms with Crippen LogP contribution in [0.25, 0.3) is 5.32 Å². The molecule has 1 aliphatic heterocycles. The van der Waals surface area contributed by atoms with E-state index >= 15 is 0 Å². The van der Waals surface area contributed by atoms with Crippen molar-refractivity contribution in [1.29, 1.82) is 0 Å². The molecule has 4 heteroatoms. The van der Waals surface area contributed by atoms with Crippen molar-refractivity contribution in [2.75, 3.05) is 39.3 Å². The summed E-state index contributed by atoms with van der Waals surface area (Å²) >= 11 is 0. The van der Waals surface area contributed by atoms with Crippen LogP contribution >= 0.6 is 0 Å². The molecule has 0 atom stereocenters. The molecule has 0 amide bonds. The van der Waals surface area contributed by atoms with Crippen LogP contribution in [0.3, 0.4) is 0 Å². The van der Waals surface area contributed by atoms with Crippen molar-refractivity contribution in [3.05, 3.63) is 5.32 Å². The maximum Gasteiger partial charge on any atom is 0.0596 e. The summed E-state index contributed by atoms with van der Waals surface area (Å²) in [5.41, 5.74) is 0. The van der Waals surface area contributed by atoms with Crippen LogP contribution in [0, 0.1) is 0 Å². The van der Waals surface area contributed by atoms with E-state index in [4.69, 9.17) is 4.74 Å². The van der Waals surface area contributed by atoms with Gasteiger partial charge in [-0.1, -0.05) is 20.3 Å². The summed E-state index contributed by atoms with van der Waals surface area (Å²) in [5, 5.41) is 4.38. The summed E-state index contributed by atoms with van der Waals surface area (Å²) in [6.07, 6.45) is 1.57. The maximum atomic E-state index is 5.51. The molecule has 1 fully saturated rings. The molecule has 0 unspecified atom stereocenters. The van der Waals surface area contributed by atoms with Gasteiger partial charge in [0.2, 0.25) is 0 Å². The number of hydrogen-bond acceptors (Lipinski definition) is 2. The van der Waals surface area contributed by atoms with Gasteiger partial charge in [0.05, 0.1) is 12.7 Å². The van der Waals surface area contributed by atoms with E-state index < -0.39 is 0 Å². The topological polar surface area (TPSA) is 26.6 Å². The summed E-state index contributed by atoms with van der Waals surface area (Å²) in [5.74, 6) is 0. The first-order valence-electron chi connectivity index (χ1n) is 6.26. The van der Waals surface area contributed by atoms with Crippen LogP contribution in [0.2, 0.25) is 0 Å². The Morgan fingerprint density at radius 3 is 2.50 bits per heavy atom. The van der Waals surface area contributed by atoms with Crippen LogP contribution in [0.4, 0.5) is 0 Å². The SMILES string of the molecule is CC.CC(C)OCCN1CCC[N-]CC1.[V]. The Balaban J connectivity index is 0. The first-order chi connectivity index (χ1) is 7.29. The van der Waals surface area contributed by atoms with Crippen LogP contribution in [0.1, 0.15) is 34.1 Å². The van der Waals surface area contributed by atoms with Gasteiger partial charge in [-0.05, 0) is 26.9 Å². The predicted octanol–water partition coefficient (Wildman–Crippen LogP) is 2.51. The summed E-state index contributed by atoms with van der Waals surface area (Å²) in [7, 11) is 0. The molecule has 97 valence electrons. The van der Waals surface area contributed by atoms with E-state index in [9.17, 15) is 0 Å². The fraction of sp³-hybridized carbons (Fsp3) is 1.00. The van der Waals surface area contributed by atoms with Crippen molar-refractivity contribution < 1.29 is 23.3 Å². The van der Waals surface area contributed by atoms with Crippen molar-refractivity contribution in [2.24, 2.45) is 0 Å². The maximum absolute atomic E-state index is 5.51. The van der Waals surface area contributed by atoms with E-state index in [1.165, 1.54) is 13.0 Å². The van der Waals surface area contributed by atoms with Gasteiger partial charge in [0.1, 0.15) is 0 Å². The fourth-order valence-corrected chi connectivity index (χ4v) is 1.48. The Hall–Kier alpha value is 0.464. The molecule has 1 radical (unpaired) electrons. The summed E-state index contributed by atoms with van der Waals surface area (Å²) < 4.78 is 5.51. The van der Waals surface area contributed by atoms with E-state index in [1.54, 1.807) is 0 Å². The van der Waals surface area contributed by atoms with Crippen molar-refractivity contribution in [1.82, 2.24) is 4.90 Å². The third kappa shape index (κ3) is 11.0. The Bertz CT molecular complexity index is 126. The zero-order chi connectivity index (χ0) is 11.5. The second-order valence-corrected chi connectivity index (χ2v) is 3.79. The number of nitrogens with zero attached hydrogens (tertiary/aromatic N) is 2. The number of rotatable bonds is 4. The van der Waals surface area contributed by atoms with E-state index in [2.05, 4.69) is 24.1 Å². The van der Waals surface area contributed by atoms with Gasteiger partial charge < -0.3 is 15.0 Å².